The maximum atomic E-state index is 12.4. The number of rotatable bonds is 4. The molecule has 2 rings (SSSR count). The summed E-state index contributed by atoms with van der Waals surface area (Å²) in [6.45, 7) is 2.44. The Bertz CT molecular complexity index is 609. The number of benzene rings is 1. The molecule has 1 heterocycles. The van der Waals surface area contributed by atoms with Gasteiger partial charge in [-0.3, -0.25) is 14.6 Å². The molecule has 0 radical (unpaired) electrons. The third-order valence-corrected chi connectivity index (χ3v) is 2.89. The van der Waals surface area contributed by atoms with E-state index in [0.29, 0.717) is 12.1 Å². The van der Waals surface area contributed by atoms with Crippen LogP contribution in [0.3, 0.4) is 0 Å². The molecule has 5 nitrogen and oxygen atoms in total. The molecule has 0 aliphatic rings. The molecule has 2 N–H and O–H groups in total. The highest BCUT2D eigenvalue weighted by Crippen LogP contribution is 2.16. The van der Waals surface area contributed by atoms with Gasteiger partial charge in [0.25, 0.3) is 11.8 Å². The number of primary amides is 1. The zero-order valence-corrected chi connectivity index (χ0v) is 11.1. The van der Waals surface area contributed by atoms with Crippen molar-refractivity contribution in [2.24, 2.45) is 5.73 Å². The molecule has 0 spiro atoms. The zero-order valence-electron chi connectivity index (χ0n) is 11.1. The molecule has 2 aromatic rings. The second-order valence-electron chi connectivity index (χ2n) is 4.18. The topological polar surface area (TPSA) is 76.3 Å². The van der Waals surface area contributed by atoms with Gasteiger partial charge in [-0.15, -0.1) is 0 Å². The summed E-state index contributed by atoms with van der Waals surface area (Å²) < 4.78 is 0. The van der Waals surface area contributed by atoms with Crippen molar-refractivity contribution >= 4 is 17.5 Å². The van der Waals surface area contributed by atoms with Gasteiger partial charge >= 0.3 is 0 Å². The van der Waals surface area contributed by atoms with E-state index in [0.717, 1.165) is 5.69 Å². The van der Waals surface area contributed by atoms with Crippen LogP contribution >= 0.6 is 0 Å². The van der Waals surface area contributed by atoms with Crippen molar-refractivity contribution in [2.75, 3.05) is 11.4 Å². The molecule has 0 unspecified atom stereocenters. The Morgan fingerprint density at radius 2 is 1.85 bits per heavy atom. The van der Waals surface area contributed by atoms with Gasteiger partial charge in [-0.2, -0.15) is 0 Å². The number of hydrogen-bond acceptors (Lipinski definition) is 3. The quantitative estimate of drug-likeness (QED) is 0.920. The summed E-state index contributed by atoms with van der Waals surface area (Å²) in [5.74, 6) is -0.776. The van der Waals surface area contributed by atoms with Gasteiger partial charge in [0, 0.05) is 18.4 Å². The van der Waals surface area contributed by atoms with Crippen LogP contribution in [0.2, 0.25) is 0 Å². The fourth-order valence-electron chi connectivity index (χ4n) is 1.87. The molecule has 1 aromatic carbocycles. The Kier molecular flexibility index (Phi) is 4.10. The van der Waals surface area contributed by atoms with Crippen LogP contribution in [0, 0.1) is 0 Å². The first-order chi connectivity index (χ1) is 9.63. The maximum Gasteiger partial charge on any atom is 0.267 e. The molecular formula is C15H15N3O2. The molecule has 0 saturated heterocycles. The third kappa shape index (κ3) is 2.83. The number of carbonyl (C=O) groups is 2. The van der Waals surface area contributed by atoms with E-state index in [1.165, 1.54) is 12.3 Å². The summed E-state index contributed by atoms with van der Waals surface area (Å²) in [6, 6.07) is 12.4. The van der Waals surface area contributed by atoms with Crippen molar-refractivity contribution in [3.05, 3.63) is 59.9 Å². The van der Waals surface area contributed by atoms with Gasteiger partial charge in [0.15, 0.2) is 0 Å². The number of nitrogens with zero attached hydrogens (tertiary/aromatic N) is 2. The normalized spacial score (nSPS) is 10.1. The SMILES string of the molecule is CCN(C(=O)c1ccc(C(N)=O)nc1)c1ccccc1. The molecule has 0 aliphatic carbocycles. The highest BCUT2D eigenvalue weighted by atomic mass is 16.2. The summed E-state index contributed by atoms with van der Waals surface area (Å²) in [5.41, 5.74) is 6.50. The fourth-order valence-corrected chi connectivity index (χ4v) is 1.87. The van der Waals surface area contributed by atoms with Crippen LogP contribution in [0.25, 0.3) is 0 Å². The predicted octanol–water partition coefficient (Wildman–Crippen LogP) is 1.85. The number of pyridine rings is 1. The smallest absolute Gasteiger partial charge is 0.267 e. The van der Waals surface area contributed by atoms with E-state index in [2.05, 4.69) is 4.98 Å². The van der Waals surface area contributed by atoms with Crippen LogP contribution in [0.15, 0.2) is 48.7 Å². The lowest BCUT2D eigenvalue weighted by atomic mass is 10.2. The monoisotopic (exact) mass is 269 g/mol. The second-order valence-corrected chi connectivity index (χ2v) is 4.18. The maximum absolute atomic E-state index is 12.4. The van der Waals surface area contributed by atoms with Crippen molar-refractivity contribution in [3.63, 3.8) is 0 Å². The summed E-state index contributed by atoms with van der Waals surface area (Å²) in [7, 11) is 0. The average molecular weight is 269 g/mol. The minimum atomic E-state index is -0.612. The molecule has 0 fully saturated rings. The van der Waals surface area contributed by atoms with Gasteiger partial charge in [0.2, 0.25) is 0 Å². The lowest BCUT2D eigenvalue weighted by molar-refractivity contribution is 0.0978. The van der Waals surface area contributed by atoms with E-state index in [-0.39, 0.29) is 11.6 Å². The molecule has 0 bridgehead atoms. The van der Waals surface area contributed by atoms with Crippen molar-refractivity contribution in [1.82, 2.24) is 4.98 Å². The van der Waals surface area contributed by atoms with Gasteiger partial charge in [-0.1, -0.05) is 18.2 Å². The minimum absolute atomic E-state index is 0.143. The van der Waals surface area contributed by atoms with Crippen LogP contribution in [0.5, 0.6) is 0 Å². The molecule has 102 valence electrons. The van der Waals surface area contributed by atoms with E-state index >= 15 is 0 Å². The Labute approximate surface area is 117 Å². The van der Waals surface area contributed by atoms with Crippen LogP contribution in [-0.4, -0.2) is 23.3 Å². The van der Waals surface area contributed by atoms with Gasteiger partial charge in [-0.05, 0) is 31.2 Å². The number of hydrogen-bond donors (Lipinski definition) is 1. The Balaban J connectivity index is 2.27. The standard InChI is InChI=1S/C15H15N3O2/c1-2-18(12-6-4-3-5-7-12)15(20)11-8-9-13(14(16)19)17-10-11/h3-10H,2H2,1H3,(H2,16,19). The van der Waals surface area contributed by atoms with E-state index in [4.69, 9.17) is 5.73 Å². The van der Waals surface area contributed by atoms with Crippen molar-refractivity contribution in [1.29, 1.82) is 0 Å². The lowest BCUT2D eigenvalue weighted by Crippen LogP contribution is -2.30. The van der Waals surface area contributed by atoms with E-state index < -0.39 is 5.91 Å². The molecule has 0 aliphatic heterocycles. The van der Waals surface area contributed by atoms with Gasteiger partial charge in [-0.25, -0.2) is 0 Å². The molecule has 0 saturated carbocycles. The van der Waals surface area contributed by atoms with Gasteiger partial charge in [0.1, 0.15) is 5.69 Å². The molecule has 20 heavy (non-hydrogen) atoms. The first-order valence-corrected chi connectivity index (χ1v) is 6.26. The van der Waals surface area contributed by atoms with Crippen LogP contribution in [0.1, 0.15) is 27.8 Å². The van der Waals surface area contributed by atoms with Crippen LogP contribution in [0.4, 0.5) is 5.69 Å². The number of para-hydroxylation sites is 1. The Morgan fingerprint density at radius 1 is 1.15 bits per heavy atom. The Morgan fingerprint density at radius 3 is 2.35 bits per heavy atom. The number of aromatic nitrogens is 1. The highest BCUT2D eigenvalue weighted by Gasteiger charge is 2.16. The predicted molar refractivity (Wildman–Crippen MR) is 76.5 cm³/mol. The van der Waals surface area contributed by atoms with Gasteiger partial charge < -0.3 is 10.6 Å². The summed E-state index contributed by atoms with van der Waals surface area (Å²) in [5, 5.41) is 0. The second kappa shape index (κ2) is 5.97. The zero-order chi connectivity index (χ0) is 14.5. The summed E-state index contributed by atoms with van der Waals surface area (Å²) in [4.78, 5) is 28.9. The molecule has 2 amide bonds. The van der Waals surface area contributed by atoms with Crippen LogP contribution < -0.4 is 10.6 Å². The number of anilines is 1. The first kappa shape index (κ1) is 13.7. The number of carbonyl (C=O) groups excluding carboxylic acids is 2. The van der Waals surface area contributed by atoms with Crippen molar-refractivity contribution in [2.45, 2.75) is 6.92 Å². The van der Waals surface area contributed by atoms with Gasteiger partial charge in [0.05, 0.1) is 5.56 Å². The third-order valence-electron chi connectivity index (χ3n) is 2.89. The number of amides is 2. The lowest BCUT2D eigenvalue weighted by Gasteiger charge is -2.20. The van der Waals surface area contributed by atoms with E-state index in [1.807, 2.05) is 37.3 Å². The van der Waals surface area contributed by atoms with Crippen molar-refractivity contribution in [3.8, 4) is 0 Å². The molecule has 1 aromatic heterocycles. The minimum Gasteiger partial charge on any atom is -0.364 e. The van der Waals surface area contributed by atoms with Crippen LogP contribution in [-0.2, 0) is 0 Å². The largest absolute Gasteiger partial charge is 0.364 e. The average Bonchev–Trinajstić information content (AvgIpc) is 2.49. The molecular weight excluding hydrogens is 254 g/mol. The molecule has 0 atom stereocenters. The first-order valence-electron chi connectivity index (χ1n) is 6.26. The molecule has 5 heteroatoms. The number of nitrogens with two attached hydrogens (primary N) is 1. The van der Waals surface area contributed by atoms with E-state index in [1.54, 1.807) is 11.0 Å². The summed E-state index contributed by atoms with van der Waals surface area (Å²) >= 11 is 0. The Hall–Kier alpha value is -2.69. The highest BCUT2D eigenvalue weighted by molar-refractivity contribution is 6.06. The summed E-state index contributed by atoms with van der Waals surface area (Å²) in [6.07, 6.45) is 1.37. The van der Waals surface area contributed by atoms with E-state index in [9.17, 15) is 9.59 Å². The fraction of sp³-hybridized carbons (Fsp3) is 0.133. The van der Waals surface area contributed by atoms with Crippen molar-refractivity contribution < 1.29 is 9.59 Å².